The summed E-state index contributed by atoms with van der Waals surface area (Å²) in [6.45, 7) is 2.36. The van der Waals surface area contributed by atoms with Crippen LogP contribution in [0.15, 0.2) is 12.2 Å². The number of allylic oxidation sites excluding steroid dienone is 1. The lowest BCUT2D eigenvalue weighted by atomic mass is 10.0. The molecule has 1 aliphatic heterocycles. The van der Waals surface area contributed by atoms with Crippen LogP contribution in [0, 0.1) is 23.2 Å². The molecule has 0 aromatic rings. The van der Waals surface area contributed by atoms with E-state index in [1.807, 2.05) is 0 Å². The summed E-state index contributed by atoms with van der Waals surface area (Å²) in [5, 5.41) is 13.2. The number of ether oxygens (including phenoxy) is 1. The fourth-order valence-corrected chi connectivity index (χ4v) is 4.01. The number of nitriles is 1. The first-order valence-electron chi connectivity index (χ1n) is 7.98. The van der Waals surface area contributed by atoms with E-state index in [-0.39, 0.29) is 6.10 Å². The molecular weight excluding hydrogens is 282 g/mol. The first-order chi connectivity index (χ1) is 10.3. The third-order valence-electron chi connectivity index (χ3n) is 4.82. The van der Waals surface area contributed by atoms with Crippen LogP contribution in [0.4, 0.5) is 0 Å². The van der Waals surface area contributed by atoms with Crippen molar-refractivity contribution in [3.8, 4) is 6.07 Å². The van der Waals surface area contributed by atoms with Crippen LogP contribution in [0.25, 0.3) is 0 Å². The zero-order valence-electron chi connectivity index (χ0n) is 12.3. The molecular formula is C16H23N3OS. The van der Waals surface area contributed by atoms with Gasteiger partial charge in [0.1, 0.15) is 0 Å². The minimum atomic E-state index is 0.267. The number of nitrogens with zero attached hydrogens (tertiary/aromatic N) is 2. The zero-order chi connectivity index (χ0) is 14.7. The van der Waals surface area contributed by atoms with Crippen LogP contribution in [0.1, 0.15) is 32.1 Å². The highest BCUT2D eigenvalue weighted by Gasteiger charge is 2.36. The highest BCUT2D eigenvalue weighted by Crippen LogP contribution is 2.39. The maximum Gasteiger partial charge on any atom is 0.169 e. The van der Waals surface area contributed by atoms with Crippen molar-refractivity contribution in [2.45, 2.75) is 44.2 Å². The van der Waals surface area contributed by atoms with E-state index in [0.717, 1.165) is 37.0 Å². The minimum Gasteiger partial charge on any atom is -0.376 e. The van der Waals surface area contributed by atoms with E-state index in [9.17, 15) is 0 Å². The second-order valence-electron chi connectivity index (χ2n) is 6.33. The second kappa shape index (κ2) is 6.76. The van der Waals surface area contributed by atoms with Gasteiger partial charge in [0.25, 0.3) is 0 Å². The first kappa shape index (κ1) is 14.8. The Morgan fingerprint density at radius 2 is 2.33 bits per heavy atom. The molecule has 3 aliphatic rings. The molecule has 2 bridgehead atoms. The predicted octanol–water partition coefficient (Wildman–Crippen LogP) is 2.22. The van der Waals surface area contributed by atoms with Crippen molar-refractivity contribution in [3.63, 3.8) is 0 Å². The predicted molar refractivity (Wildman–Crippen MR) is 85.7 cm³/mol. The average Bonchev–Trinajstić information content (AvgIpc) is 3.20. The van der Waals surface area contributed by atoms with Crippen molar-refractivity contribution in [2.24, 2.45) is 11.8 Å². The lowest BCUT2D eigenvalue weighted by Crippen LogP contribution is -2.48. The van der Waals surface area contributed by atoms with Crippen LogP contribution in [-0.4, -0.2) is 41.9 Å². The van der Waals surface area contributed by atoms with Crippen molar-refractivity contribution in [2.75, 3.05) is 19.7 Å². The molecule has 0 amide bonds. The average molecular weight is 305 g/mol. The summed E-state index contributed by atoms with van der Waals surface area (Å²) in [4.78, 5) is 2.13. The monoisotopic (exact) mass is 305 g/mol. The number of fused-ring (bicyclic) bond motifs is 2. The molecule has 5 heteroatoms. The highest BCUT2D eigenvalue weighted by atomic mass is 32.1. The van der Waals surface area contributed by atoms with Crippen LogP contribution in [0.2, 0.25) is 0 Å². The van der Waals surface area contributed by atoms with Crippen molar-refractivity contribution < 1.29 is 4.74 Å². The van der Waals surface area contributed by atoms with E-state index >= 15 is 0 Å². The lowest BCUT2D eigenvalue weighted by Gasteiger charge is -2.31. The Bertz CT molecular complexity index is 453. The van der Waals surface area contributed by atoms with Gasteiger partial charge in [-0.05, 0) is 49.7 Å². The molecule has 1 heterocycles. The molecule has 1 saturated carbocycles. The maximum atomic E-state index is 8.85. The van der Waals surface area contributed by atoms with E-state index in [0.29, 0.717) is 24.9 Å². The topological polar surface area (TPSA) is 48.3 Å². The van der Waals surface area contributed by atoms with Crippen LogP contribution in [0.5, 0.6) is 0 Å². The summed E-state index contributed by atoms with van der Waals surface area (Å²) < 4.78 is 5.71. The Morgan fingerprint density at radius 1 is 1.43 bits per heavy atom. The van der Waals surface area contributed by atoms with Gasteiger partial charge < -0.3 is 15.0 Å². The van der Waals surface area contributed by atoms with Crippen molar-refractivity contribution in [1.82, 2.24) is 10.2 Å². The molecule has 2 fully saturated rings. The molecule has 4 atom stereocenters. The Morgan fingerprint density at radius 3 is 2.95 bits per heavy atom. The molecule has 4 nitrogen and oxygen atoms in total. The quantitative estimate of drug-likeness (QED) is 0.623. The third-order valence-corrected chi connectivity index (χ3v) is 5.19. The van der Waals surface area contributed by atoms with Gasteiger partial charge in [-0.25, -0.2) is 0 Å². The summed E-state index contributed by atoms with van der Waals surface area (Å²) in [5.74, 6) is 1.37. The molecule has 2 aliphatic carbocycles. The van der Waals surface area contributed by atoms with Crippen LogP contribution in [-0.2, 0) is 4.74 Å². The van der Waals surface area contributed by atoms with Crippen molar-refractivity contribution >= 4 is 17.3 Å². The second-order valence-corrected chi connectivity index (χ2v) is 6.71. The summed E-state index contributed by atoms with van der Waals surface area (Å²) in [7, 11) is 0. The van der Waals surface area contributed by atoms with Gasteiger partial charge in [0.2, 0.25) is 0 Å². The van der Waals surface area contributed by atoms with Gasteiger partial charge in [-0.3, -0.25) is 0 Å². The van der Waals surface area contributed by atoms with Crippen LogP contribution < -0.4 is 5.32 Å². The van der Waals surface area contributed by atoms with Crippen LogP contribution >= 0.6 is 12.2 Å². The van der Waals surface area contributed by atoms with E-state index in [1.165, 1.54) is 12.8 Å². The lowest BCUT2D eigenvalue weighted by molar-refractivity contribution is 0.0912. The smallest absolute Gasteiger partial charge is 0.169 e. The fourth-order valence-electron chi connectivity index (χ4n) is 3.69. The molecule has 0 aromatic heterocycles. The SMILES string of the molecule is N#CCCN(C[C@H]1CCCO1)C(=S)N[C@@H]1C[C@@H]2C=C[C@@H]1C2. The zero-order valence-corrected chi connectivity index (χ0v) is 13.1. The molecule has 21 heavy (non-hydrogen) atoms. The largest absolute Gasteiger partial charge is 0.376 e. The number of hydrogen-bond donors (Lipinski definition) is 1. The normalized spacial score (nSPS) is 33.1. The van der Waals surface area contributed by atoms with Crippen molar-refractivity contribution in [3.05, 3.63) is 12.2 Å². The summed E-state index contributed by atoms with van der Waals surface area (Å²) in [5.41, 5.74) is 0. The maximum absolute atomic E-state index is 8.85. The van der Waals surface area contributed by atoms with Gasteiger partial charge >= 0.3 is 0 Å². The molecule has 114 valence electrons. The molecule has 1 N–H and O–H groups in total. The summed E-state index contributed by atoms with van der Waals surface area (Å²) >= 11 is 5.60. The Hall–Kier alpha value is -1.12. The van der Waals surface area contributed by atoms with Crippen molar-refractivity contribution in [1.29, 1.82) is 5.26 Å². The van der Waals surface area contributed by atoms with Gasteiger partial charge in [-0.15, -0.1) is 0 Å². The van der Waals surface area contributed by atoms with E-state index in [4.69, 9.17) is 22.2 Å². The Balaban J connectivity index is 1.54. The molecule has 1 saturated heterocycles. The Labute approximate surface area is 132 Å². The van der Waals surface area contributed by atoms with E-state index in [1.54, 1.807) is 0 Å². The molecule has 0 spiro atoms. The van der Waals surface area contributed by atoms with E-state index < -0.39 is 0 Å². The van der Waals surface area contributed by atoms with Gasteiger partial charge in [0.15, 0.2) is 5.11 Å². The number of rotatable bonds is 5. The first-order valence-corrected chi connectivity index (χ1v) is 8.39. The standard InChI is InChI=1S/C16H23N3OS/c17-6-2-7-19(11-14-3-1-8-20-14)16(21)18-15-10-12-4-5-13(15)9-12/h4-5,12-15H,1-3,7-11H2,(H,18,21)/t12-,13-,14-,15-/m1/s1. The van der Waals surface area contributed by atoms with Gasteiger partial charge in [0, 0.05) is 25.7 Å². The van der Waals surface area contributed by atoms with E-state index in [2.05, 4.69) is 28.4 Å². The van der Waals surface area contributed by atoms with Crippen LogP contribution in [0.3, 0.4) is 0 Å². The molecule has 0 radical (unpaired) electrons. The van der Waals surface area contributed by atoms with Gasteiger partial charge in [-0.2, -0.15) is 5.26 Å². The molecule has 3 rings (SSSR count). The number of nitrogens with one attached hydrogen (secondary N) is 1. The highest BCUT2D eigenvalue weighted by molar-refractivity contribution is 7.80. The molecule has 0 aromatic carbocycles. The van der Waals surface area contributed by atoms with Gasteiger partial charge in [0.05, 0.1) is 18.6 Å². The Kier molecular flexibility index (Phi) is 4.77. The third kappa shape index (κ3) is 3.56. The fraction of sp³-hybridized carbons (Fsp3) is 0.750. The number of thiocarbonyl (C=S) groups is 1. The minimum absolute atomic E-state index is 0.267. The molecule has 0 unspecified atom stereocenters. The van der Waals surface area contributed by atoms with Gasteiger partial charge in [-0.1, -0.05) is 12.2 Å². The summed E-state index contributed by atoms with van der Waals surface area (Å²) in [6.07, 6.45) is 10.1. The number of hydrogen-bond acceptors (Lipinski definition) is 3. The summed E-state index contributed by atoms with van der Waals surface area (Å²) in [6, 6.07) is 2.69.